The molecule has 1 saturated heterocycles. The normalized spacial score (nSPS) is 14.3. The van der Waals surface area contributed by atoms with Gasteiger partial charge in [0.2, 0.25) is 0 Å². The molecule has 14 heteroatoms. The van der Waals surface area contributed by atoms with Crippen molar-refractivity contribution in [3.8, 4) is 5.69 Å². The molecule has 0 bridgehead atoms. The number of carbonyl (C=O) groups excluding carboxylic acids is 2. The van der Waals surface area contributed by atoms with Gasteiger partial charge in [-0.15, -0.1) is 0 Å². The first-order valence-electron chi connectivity index (χ1n) is 9.14. The van der Waals surface area contributed by atoms with Crippen molar-refractivity contribution in [1.29, 1.82) is 0 Å². The first-order valence-corrected chi connectivity index (χ1v) is 9.93. The molecule has 1 aromatic carbocycles. The van der Waals surface area contributed by atoms with Crippen LogP contribution in [-0.2, 0) is 13.2 Å². The van der Waals surface area contributed by atoms with Gasteiger partial charge in [0.05, 0.1) is 11.4 Å². The molecule has 1 aliphatic rings. The standard InChI is InChI=1S/C18H16BrF4N5O4/c1-3-26-4-5-27(17(26)32)15(30)24-11-7-12(10(20)6-9(11)19)28-14(29)8-13(18(21,22)23)25(2)16(28)31/h6-8H,3-5H2,1-2H3,(H,24,30). The van der Waals surface area contributed by atoms with Crippen LogP contribution in [0.4, 0.5) is 32.8 Å². The minimum Gasteiger partial charge on any atom is -0.323 e. The zero-order valence-electron chi connectivity index (χ0n) is 16.7. The number of halogens is 5. The molecular weight excluding hydrogens is 506 g/mol. The summed E-state index contributed by atoms with van der Waals surface area (Å²) in [5, 5.41) is 2.38. The average Bonchev–Trinajstić information content (AvgIpc) is 3.07. The van der Waals surface area contributed by atoms with Gasteiger partial charge in [0.15, 0.2) is 0 Å². The lowest BCUT2D eigenvalue weighted by molar-refractivity contribution is -0.144. The van der Waals surface area contributed by atoms with Gasteiger partial charge in [-0.05, 0) is 35.0 Å². The van der Waals surface area contributed by atoms with Gasteiger partial charge < -0.3 is 10.2 Å². The molecule has 0 saturated carbocycles. The number of carbonyl (C=O) groups is 2. The zero-order valence-corrected chi connectivity index (χ0v) is 18.3. The fourth-order valence-electron chi connectivity index (χ4n) is 3.17. The second-order valence-electron chi connectivity index (χ2n) is 6.77. The number of nitrogens with one attached hydrogen (secondary N) is 1. The molecule has 2 aromatic rings. The van der Waals surface area contributed by atoms with Crippen LogP contribution >= 0.6 is 15.9 Å². The van der Waals surface area contributed by atoms with Gasteiger partial charge in [-0.2, -0.15) is 13.2 Å². The highest BCUT2D eigenvalue weighted by Gasteiger charge is 2.35. The molecule has 0 spiro atoms. The van der Waals surface area contributed by atoms with Crippen molar-refractivity contribution in [2.45, 2.75) is 13.1 Å². The molecule has 0 radical (unpaired) electrons. The first-order chi connectivity index (χ1) is 14.9. The highest BCUT2D eigenvalue weighted by Crippen LogP contribution is 2.29. The van der Waals surface area contributed by atoms with Crippen molar-refractivity contribution < 1.29 is 27.2 Å². The molecule has 32 heavy (non-hydrogen) atoms. The van der Waals surface area contributed by atoms with Gasteiger partial charge in [-0.3, -0.25) is 9.36 Å². The number of urea groups is 2. The van der Waals surface area contributed by atoms with E-state index in [0.717, 1.165) is 24.1 Å². The second-order valence-corrected chi connectivity index (χ2v) is 7.62. The van der Waals surface area contributed by atoms with Gasteiger partial charge in [-0.1, -0.05) is 0 Å². The number of aromatic nitrogens is 2. The van der Waals surface area contributed by atoms with Gasteiger partial charge in [0.25, 0.3) is 5.56 Å². The average molecular weight is 522 g/mol. The largest absolute Gasteiger partial charge is 0.431 e. The number of alkyl halides is 3. The molecular formula is C18H16BrF4N5O4. The Morgan fingerprint density at radius 2 is 1.81 bits per heavy atom. The molecule has 1 fully saturated rings. The van der Waals surface area contributed by atoms with E-state index in [9.17, 15) is 36.7 Å². The quantitative estimate of drug-likeness (QED) is 0.628. The van der Waals surface area contributed by atoms with Gasteiger partial charge in [-0.25, -0.2) is 28.2 Å². The molecule has 2 heterocycles. The summed E-state index contributed by atoms with van der Waals surface area (Å²) in [7, 11) is 0.791. The summed E-state index contributed by atoms with van der Waals surface area (Å²) in [6, 6.07) is 0.543. The Morgan fingerprint density at radius 3 is 2.38 bits per heavy atom. The van der Waals surface area contributed by atoms with Crippen LogP contribution in [-0.4, -0.2) is 50.6 Å². The fourth-order valence-corrected chi connectivity index (χ4v) is 3.59. The SMILES string of the molecule is CCN1CCN(C(=O)Nc2cc(-n3c(=O)cc(C(F)(F)F)n(C)c3=O)c(F)cc2Br)C1=O. The van der Waals surface area contributed by atoms with Crippen LogP contribution in [0.25, 0.3) is 5.69 Å². The third kappa shape index (κ3) is 4.13. The highest BCUT2D eigenvalue weighted by molar-refractivity contribution is 9.10. The lowest BCUT2D eigenvalue weighted by Gasteiger charge is -2.18. The minimum absolute atomic E-state index is 0.0166. The monoisotopic (exact) mass is 521 g/mol. The number of hydrogen-bond donors (Lipinski definition) is 1. The molecule has 1 aromatic heterocycles. The van der Waals surface area contributed by atoms with E-state index in [1.807, 2.05) is 0 Å². The first kappa shape index (κ1) is 23.5. The van der Waals surface area contributed by atoms with Crippen molar-refractivity contribution in [1.82, 2.24) is 18.9 Å². The van der Waals surface area contributed by atoms with E-state index in [1.165, 1.54) is 4.90 Å². The van der Waals surface area contributed by atoms with Crippen LogP contribution in [0, 0.1) is 5.82 Å². The van der Waals surface area contributed by atoms with Gasteiger partial charge >= 0.3 is 23.9 Å². The van der Waals surface area contributed by atoms with E-state index in [1.54, 1.807) is 6.92 Å². The van der Waals surface area contributed by atoms with Crippen LogP contribution < -0.4 is 16.6 Å². The third-order valence-corrected chi connectivity index (χ3v) is 5.51. The summed E-state index contributed by atoms with van der Waals surface area (Å²) in [5.41, 5.74) is -5.12. The smallest absolute Gasteiger partial charge is 0.323 e. The number of amides is 4. The Bertz CT molecular complexity index is 1220. The predicted octanol–water partition coefficient (Wildman–Crippen LogP) is 2.75. The van der Waals surface area contributed by atoms with E-state index in [-0.39, 0.29) is 31.9 Å². The Labute approximate surface area is 186 Å². The van der Waals surface area contributed by atoms with Crippen LogP contribution in [0.15, 0.2) is 32.3 Å². The molecule has 1 N–H and O–H groups in total. The fraction of sp³-hybridized carbons (Fsp3) is 0.333. The molecule has 1 aliphatic heterocycles. The summed E-state index contributed by atoms with van der Waals surface area (Å²) >= 11 is 3.03. The van der Waals surface area contributed by atoms with Crippen LogP contribution in [0.5, 0.6) is 0 Å². The topological polar surface area (TPSA) is 96.7 Å². The second kappa shape index (κ2) is 8.41. The molecule has 0 aliphatic carbocycles. The van der Waals surface area contributed by atoms with Crippen molar-refractivity contribution in [2.75, 3.05) is 25.0 Å². The van der Waals surface area contributed by atoms with E-state index in [2.05, 4.69) is 21.2 Å². The van der Waals surface area contributed by atoms with Crippen LogP contribution in [0.3, 0.4) is 0 Å². The lowest BCUT2D eigenvalue weighted by atomic mass is 10.2. The Kier molecular flexibility index (Phi) is 6.18. The number of imide groups is 1. The zero-order chi connectivity index (χ0) is 24.0. The van der Waals surface area contributed by atoms with Crippen molar-refractivity contribution in [3.05, 3.63) is 55.0 Å². The maximum Gasteiger partial charge on any atom is 0.431 e. The molecule has 3 rings (SSSR count). The Morgan fingerprint density at radius 1 is 1.16 bits per heavy atom. The number of hydrogen-bond acceptors (Lipinski definition) is 4. The summed E-state index contributed by atoms with van der Waals surface area (Å²) in [4.78, 5) is 51.8. The predicted molar refractivity (Wildman–Crippen MR) is 108 cm³/mol. The maximum atomic E-state index is 14.6. The van der Waals surface area contributed by atoms with Gasteiger partial charge in [0.1, 0.15) is 11.5 Å². The van der Waals surface area contributed by atoms with Crippen LogP contribution in [0.1, 0.15) is 12.6 Å². The summed E-state index contributed by atoms with van der Waals surface area (Å²) in [5.74, 6) is -1.11. The lowest BCUT2D eigenvalue weighted by Crippen LogP contribution is -2.41. The number of nitrogens with zero attached hydrogens (tertiary/aromatic N) is 4. The molecule has 0 atom stereocenters. The number of benzene rings is 1. The molecule has 9 nitrogen and oxygen atoms in total. The van der Waals surface area contributed by atoms with Gasteiger partial charge in [0, 0.05) is 37.2 Å². The van der Waals surface area contributed by atoms with Crippen molar-refractivity contribution in [2.24, 2.45) is 7.05 Å². The Hall–Kier alpha value is -3.16. The summed E-state index contributed by atoms with van der Waals surface area (Å²) in [6.07, 6.45) is -4.97. The molecule has 172 valence electrons. The van der Waals surface area contributed by atoms with Crippen LogP contribution in [0.2, 0.25) is 0 Å². The van der Waals surface area contributed by atoms with E-state index in [0.29, 0.717) is 13.1 Å². The van der Waals surface area contributed by atoms with E-state index < -0.39 is 46.7 Å². The number of likely N-dealkylation sites (N-methyl/N-ethyl adjacent to an activating group) is 1. The Balaban J connectivity index is 2.05. The maximum absolute atomic E-state index is 14.6. The summed E-state index contributed by atoms with van der Waals surface area (Å²) in [6.45, 7) is 2.58. The number of anilines is 1. The van der Waals surface area contributed by atoms with E-state index >= 15 is 0 Å². The van der Waals surface area contributed by atoms with Crippen molar-refractivity contribution in [3.63, 3.8) is 0 Å². The minimum atomic E-state index is -4.97. The van der Waals surface area contributed by atoms with E-state index in [4.69, 9.17) is 0 Å². The molecule has 0 unspecified atom stereocenters. The van der Waals surface area contributed by atoms with Crippen molar-refractivity contribution >= 4 is 33.7 Å². The third-order valence-electron chi connectivity index (χ3n) is 4.85. The molecule has 4 amide bonds. The summed E-state index contributed by atoms with van der Waals surface area (Å²) < 4.78 is 54.1. The number of rotatable bonds is 3. The highest BCUT2D eigenvalue weighted by atomic mass is 79.9.